The molecular weight excluding hydrogens is 408 g/mol. The molecule has 1 rings (SSSR count). The molecule has 162 valence electrons. The van der Waals surface area contributed by atoms with Gasteiger partial charge < -0.3 is 14.9 Å². The number of nitrogens with zero attached hydrogens (tertiary/aromatic N) is 1. The van der Waals surface area contributed by atoms with Crippen molar-refractivity contribution in [3.63, 3.8) is 0 Å². The van der Waals surface area contributed by atoms with E-state index in [0.29, 0.717) is 19.3 Å². The first kappa shape index (κ1) is 24.8. The van der Waals surface area contributed by atoms with Crippen molar-refractivity contribution < 1.29 is 36.9 Å². The van der Waals surface area contributed by atoms with Gasteiger partial charge in [0.25, 0.3) is 0 Å². The molecule has 0 aromatic heterocycles. The van der Waals surface area contributed by atoms with Crippen LogP contribution in [0.4, 0.5) is 8.78 Å². The monoisotopic (exact) mass is 433 g/mol. The summed E-state index contributed by atoms with van der Waals surface area (Å²) in [6.07, 6.45) is 1.31. The summed E-state index contributed by atoms with van der Waals surface area (Å²) in [7, 11) is -3.50. The summed E-state index contributed by atoms with van der Waals surface area (Å²) in [6.45, 7) is -0.177. The van der Waals surface area contributed by atoms with Crippen molar-refractivity contribution in [1.82, 2.24) is 4.31 Å². The number of rotatable bonds is 12. The predicted molar refractivity (Wildman–Crippen MR) is 103 cm³/mol. The molecule has 1 aromatic carbocycles. The van der Waals surface area contributed by atoms with Gasteiger partial charge in [0, 0.05) is 19.4 Å². The fourth-order valence-corrected chi connectivity index (χ4v) is 3.05. The van der Waals surface area contributed by atoms with E-state index in [2.05, 4.69) is 11.8 Å². The van der Waals surface area contributed by atoms with Crippen molar-refractivity contribution >= 4 is 16.0 Å². The average molecular weight is 433 g/mol. The van der Waals surface area contributed by atoms with Gasteiger partial charge in [-0.05, 0) is 31.4 Å². The van der Waals surface area contributed by atoms with E-state index in [0.717, 1.165) is 16.6 Å². The van der Waals surface area contributed by atoms with Gasteiger partial charge in [-0.15, -0.1) is 5.92 Å². The Bertz CT molecular complexity index is 835. The number of hydrogen-bond acceptors (Lipinski definition) is 5. The van der Waals surface area contributed by atoms with Crippen molar-refractivity contribution in [3.8, 4) is 17.6 Å². The van der Waals surface area contributed by atoms with E-state index in [1.807, 2.05) is 0 Å². The summed E-state index contributed by atoms with van der Waals surface area (Å²) in [5.74, 6) is 2.04. The minimum Gasteiger partial charge on any atom is -0.488 e. The molecule has 10 heteroatoms. The SMILES string of the molecule is CS(=O)(=O)N(CC#CCCCC(=O)O)CCCC(O)COc1cccc(F)c1F. The van der Waals surface area contributed by atoms with Crippen molar-refractivity contribution in [3.05, 3.63) is 29.8 Å². The molecule has 0 heterocycles. The Kier molecular flexibility index (Phi) is 10.6. The topological polar surface area (TPSA) is 104 Å². The van der Waals surface area contributed by atoms with E-state index in [1.54, 1.807) is 0 Å². The van der Waals surface area contributed by atoms with Gasteiger partial charge in [-0.25, -0.2) is 12.8 Å². The highest BCUT2D eigenvalue weighted by Crippen LogP contribution is 2.19. The first-order valence-corrected chi connectivity index (χ1v) is 10.8. The zero-order valence-electron chi connectivity index (χ0n) is 16.1. The summed E-state index contributed by atoms with van der Waals surface area (Å²) >= 11 is 0. The van der Waals surface area contributed by atoms with E-state index in [4.69, 9.17) is 9.84 Å². The third-order valence-corrected chi connectivity index (χ3v) is 5.08. The van der Waals surface area contributed by atoms with Crippen molar-refractivity contribution in [2.45, 2.75) is 38.2 Å². The van der Waals surface area contributed by atoms with Gasteiger partial charge >= 0.3 is 5.97 Å². The minimum absolute atomic E-state index is 0.00392. The molecule has 0 aliphatic carbocycles. The van der Waals surface area contributed by atoms with Gasteiger partial charge in [0.15, 0.2) is 11.6 Å². The van der Waals surface area contributed by atoms with Crippen LogP contribution in [0.3, 0.4) is 0 Å². The van der Waals surface area contributed by atoms with Gasteiger partial charge in [-0.3, -0.25) is 4.79 Å². The molecule has 0 amide bonds. The molecular formula is C19H25F2NO6S. The number of carboxylic acids is 1. The molecule has 0 saturated carbocycles. The number of unbranched alkanes of at least 4 members (excludes halogenated alkanes) is 1. The number of sulfonamides is 1. The Morgan fingerprint density at radius 1 is 1.28 bits per heavy atom. The zero-order valence-corrected chi connectivity index (χ0v) is 16.9. The highest BCUT2D eigenvalue weighted by molar-refractivity contribution is 7.88. The zero-order chi connectivity index (χ0) is 21.9. The lowest BCUT2D eigenvalue weighted by atomic mass is 10.2. The standard InChI is InChI=1S/C19H25F2NO6S/c1-29(26,27)22(12-5-3-2-4-11-18(24)25)13-7-8-15(23)14-28-17-10-6-9-16(20)19(17)21/h6,9-10,15,23H,2,4,7-8,11-14H2,1H3,(H,24,25). The summed E-state index contributed by atoms with van der Waals surface area (Å²) in [4.78, 5) is 10.4. The van der Waals surface area contributed by atoms with Crippen LogP contribution in [0.5, 0.6) is 5.75 Å². The maximum Gasteiger partial charge on any atom is 0.303 e. The number of carboxylic acid groups (broad SMARTS) is 1. The van der Waals surface area contributed by atoms with Crippen LogP contribution in [0.2, 0.25) is 0 Å². The van der Waals surface area contributed by atoms with Crippen LogP contribution in [0.25, 0.3) is 0 Å². The molecule has 1 unspecified atom stereocenters. The Hall–Kier alpha value is -2.22. The summed E-state index contributed by atoms with van der Waals surface area (Å²) in [6, 6.07) is 3.48. The fraction of sp³-hybridized carbons (Fsp3) is 0.526. The molecule has 29 heavy (non-hydrogen) atoms. The summed E-state index contributed by atoms with van der Waals surface area (Å²) < 4.78 is 56.4. The number of carbonyl (C=O) groups is 1. The quantitative estimate of drug-likeness (QED) is 0.386. The predicted octanol–water partition coefficient (Wildman–Crippen LogP) is 2.00. The van der Waals surface area contributed by atoms with Gasteiger partial charge in [0.05, 0.1) is 18.9 Å². The maximum atomic E-state index is 13.5. The van der Waals surface area contributed by atoms with Gasteiger partial charge in [-0.2, -0.15) is 8.70 Å². The minimum atomic E-state index is -3.50. The Balaban J connectivity index is 2.41. The second-order valence-corrected chi connectivity index (χ2v) is 8.34. The van der Waals surface area contributed by atoms with E-state index >= 15 is 0 Å². The Morgan fingerprint density at radius 3 is 2.66 bits per heavy atom. The lowest BCUT2D eigenvalue weighted by molar-refractivity contribution is -0.137. The average Bonchev–Trinajstić information content (AvgIpc) is 2.63. The molecule has 0 aliphatic heterocycles. The van der Waals surface area contributed by atoms with Crippen LogP contribution in [-0.2, 0) is 14.8 Å². The Labute approximate surface area is 169 Å². The number of aliphatic hydroxyl groups excluding tert-OH is 1. The van der Waals surface area contributed by atoms with E-state index in [-0.39, 0.29) is 38.3 Å². The number of aliphatic carboxylic acids is 1. The van der Waals surface area contributed by atoms with Crippen LogP contribution in [0, 0.1) is 23.5 Å². The molecule has 1 atom stereocenters. The molecule has 0 saturated heterocycles. The van der Waals surface area contributed by atoms with Crippen LogP contribution in [-0.4, -0.2) is 61.0 Å². The highest BCUT2D eigenvalue weighted by Gasteiger charge is 2.16. The van der Waals surface area contributed by atoms with E-state index in [1.165, 1.54) is 12.1 Å². The molecule has 0 fully saturated rings. The van der Waals surface area contributed by atoms with Crippen molar-refractivity contribution in [1.29, 1.82) is 0 Å². The fourth-order valence-electron chi connectivity index (χ4n) is 2.29. The second kappa shape index (κ2) is 12.4. The summed E-state index contributed by atoms with van der Waals surface area (Å²) in [5, 5.41) is 18.5. The van der Waals surface area contributed by atoms with Crippen LogP contribution in [0.1, 0.15) is 32.1 Å². The van der Waals surface area contributed by atoms with Gasteiger partial charge in [-0.1, -0.05) is 12.0 Å². The smallest absolute Gasteiger partial charge is 0.303 e. The number of benzene rings is 1. The van der Waals surface area contributed by atoms with Crippen molar-refractivity contribution in [2.75, 3.05) is 26.0 Å². The van der Waals surface area contributed by atoms with E-state index < -0.39 is 33.7 Å². The van der Waals surface area contributed by atoms with Crippen LogP contribution >= 0.6 is 0 Å². The lowest BCUT2D eigenvalue weighted by Gasteiger charge is -2.18. The first-order chi connectivity index (χ1) is 13.6. The Morgan fingerprint density at radius 2 is 2.00 bits per heavy atom. The first-order valence-electron chi connectivity index (χ1n) is 8.98. The normalized spacial score (nSPS) is 12.3. The summed E-state index contributed by atoms with van der Waals surface area (Å²) in [5.41, 5.74) is 0. The van der Waals surface area contributed by atoms with Crippen molar-refractivity contribution in [2.24, 2.45) is 0 Å². The number of hydrogen-bond donors (Lipinski definition) is 2. The molecule has 0 bridgehead atoms. The third-order valence-electron chi connectivity index (χ3n) is 3.83. The number of aliphatic hydroxyl groups is 1. The molecule has 7 nitrogen and oxygen atoms in total. The number of halogens is 2. The molecule has 0 aliphatic rings. The third kappa shape index (κ3) is 10.2. The second-order valence-electron chi connectivity index (χ2n) is 6.36. The molecule has 1 aromatic rings. The molecule has 0 radical (unpaired) electrons. The van der Waals surface area contributed by atoms with Crippen LogP contribution < -0.4 is 4.74 Å². The van der Waals surface area contributed by atoms with Gasteiger partial charge in [0.1, 0.15) is 6.61 Å². The largest absolute Gasteiger partial charge is 0.488 e. The molecule has 0 spiro atoms. The lowest BCUT2D eigenvalue weighted by Crippen LogP contribution is -2.32. The molecule has 2 N–H and O–H groups in total. The maximum absolute atomic E-state index is 13.5. The highest BCUT2D eigenvalue weighted by atomic mass is 32.2. The number of ether oxygens (including phenoxy) is 1. The van der Waals surface area contributed by atoms with Gasteiger partial charge in [0.2, 0.25) is 15.8 Å². The van der Waals surface area contributed by atoms with Crippen LogP contribution in [0.15, 0.2) is 18.2 Å². The van der Waals surface area contributed by atoms with E-state index in [9.17, 15) is 27.1 Å².